The van der Waals surface area contributed by atoms with Crippen LogP contribution in [0.4, 0.5) is 0 Å². The maximum absolute atomic E-state index is 16.0. The fourth-order valence-corrected chi connectivity index (χ4v) is 16.5. The number of ketones is 1. The Morgan fingerprint density at radius 1 is 0.907 bits per heavy atom. The molecule has 12 heteroatoms. The molecule has 1 aliphatic heterocycles. The van der Waals surface area contributed by atoms with Gasteiger partial charge in [-0.3, -0.25) is 9.59 Å². The molecule has 1 aromatic carbocycles. The summed E-state index contributed by atoms with van der Waals surface area (Å²) in [5.74, 6) is -2.52. The number of hydrogen-bond acceptors (Lipinski definition) is 10. The predicted octanol–water partition coefficient (Wildman–Crippen LogP) is 7.79. The molecule has 4 aliphatic rings. The first-order valence-corrected chi connectivity index (χ1v) is 25.4. The van der Waals surface area contributed by atoms with E-state index < -0.39 is 87.0 Å². The van der Waals surface area contributed by atoms with Gasteiger partial charge in [-0.2, -0.15) is 0 Å². The highest BCUT2D eigenvalue weighted by Crippen LogP contribution is 2.65. The minimum Gasteiger partial charge on any atom is -0.455 e. The van der Waals surface area contributed by atoms with Crippen molar-refractivity contribution < 1.29 is 47.3 Å². The van der Waals surface area contributed by atoms with Gasteiger partial charge >= 0.3 is 11.9 Å². The molecule has 2 saturated carbocycles. The summed E-state index contributed by atoms with van der Waals surface area (Å²) >= 11 is 0. The first-order chi connectivity index (χ1) is 25.4. The number of esters is 2. The average molecular weight is 787 g/mol. The van der Waals surface area contributed by atoms with Crippen LogP contribution in [0.5, 0.6) is 0 Å². The number of carbonyl (C=O) groups is 3. The van der Waals surface area contributed by atoms with Gasteiger partial charge in [-0.1, -0.05) is 73.6 Å². The zero-order valence-corrected chi connectivity index (χ0v) is 36.8. The summed E-state index contributed by atoms with van der Waals surface area (Å²) < 4.78 is 40.3. The molecule has 1 heterocycles. The van der Waals surface area contributed by atoms with Crippen molar-refractivity contribution in [2.45, 2.75) is 167 Å². The lowest BCUT2D eigenvalue weighted by molar-refractivity contribution is -0.344. The van der Waals surface area contributed by atoms with E-state index in [-0.39, 0.29) is 18.8 Å². The summed E-state index contributed by atoms with van der Waals surface area (Å²) in [7, 11) is -3.16. The standard InChI is InChI=1S/C42H66O10Si2/c1-13-53(14-2,15-3)51-30-25-42(46)37(49-38(45)29-22-20-19-21-23-29)35-40(11,36(44)34(47-12)33(27(30)7)39(42,9)10)31(52-54(16-4,17-5)18-6)24-32-41(35,26-48-32)50-28(8)43/h19-23,30-32,34-35,37,46H,13-18,24-26H2,1-12H3/t30-,31-,32+,34+,35-,37-,40+,41-,42+/m0/s1. The van der Waals surface area contributed by atoms with Crippen LogP contribution in [0.1, 0.15) is 99.4 Å². The topological polar surface area (TPSA) is 127 Å². The Kier molecular flexibility index (Phi) is 12.4. The molecule has 0 spiro atoms. The van der Waals surface area contributed by atoms with Crippen LogP contribution in [-0.2, 0) is 37.4 Å². The molecule has 10 nitrogen and oxygen atoms in total. The molecule has 1 saturated heterocycles. The van der Waals surface area contributed by atoms with Crippen LogP contribution in [0.25, 0.3) is 0 Å². The molecule has 3 fully saturated rings. The van der Waals surface area contributed by atoms with Crippen LogP contribution in [0.15, 0.2) is 41.5 Å². The molecule has 0 radical (unpaired) electrons. The van der Waals surface area contributed by atoms with E-state index in [1.54, 1.807) is 24.3 Å². The van der Waals surface area contributed by atoms with Gasteiger partial charge in [0.25, 0.3) is 0 Å². The SMILES string of the molecule is CC[Si](CC)(CC)O[C@H]1C[C@@]2(O)[C@@H](OC(=O)c3ccccc3)[C@@H]3[C@]4(OC(C)=O)CO[C@@H]4C[C@H](O[Si](CC)(CC)CC)[C@@]3(C)C(=O)[C@H](OC)C(=C1C)C2(C)C. The molecular formula is C42H66O10Si2. The summed E-state index contributed by atoms with van der Waals surface area (Å²) in [6.07, 6.45) is -4.00. The smallest absolute Gasteiger partial charge is 0.338 e. The van der Waals surface area contributed by atoms with Gasteiger partial charge in [0, 0.05) is 32.3 Å². The van der Waals surface area contributed by atoms with Crippen LogP contribution in [-0.4, -0.2) is 94.9 Å². The van der Waals surface area contributed by atoms with E-state index in [0.717, 1.165) is 41.8 Å². The molecule has 9 atom stereocenters. The van der Waals surface area contributed by atoms with Crippen LogP contribution >= 0.6 is 0 Å². The second kappa shape index (κ2) is 15.6. The van der Waals surface area contributed by atoms with Crippen molar-refractivity contribution in [3.05, 3.63) is 47.0 Å². The molecule has 0 aromatic heterocycles. The lowest BCUT2D eigenvalue weighted by atomic mass is 9.44. The summed E-state index contributed by atoms with van der Waals surface area (Å²) in [6, 6.07) is 13.8. The maximum atomic E-state index is 16.0. The summed E-state index contributed by atoms with van der Waals surface area (Å²) in [6.45, 7) is 21.9. The van der Waals surface area contributed by atoms with Gasteiger partial charge in [-0.15, -0.1) is 0 Å². The second-order valence-electron chi connectivity index (χ2n) is 17.1. The zero-order valence-electron chi connectivity index (χ0n) is 34.8. The van der Waals surface area contributed by atoms with Crippen molar-refractivity contribution in [3.8, 4) is 0 Å². The van der Waals surface area contributed by atoms with E-state index in [4.69, 9.17) is 27.8 Å². The average Bonchev–Trinajstić information content (AvgIpc) is 3.15. The minimum atomic E-state index is -2.40. The minimum absolute atomic E-state index is 0.0257. The molecule has 5 rings (SSSR count). The number of ether oxygens (including phenoxy) is 4. The highest BCUT2D eigenvalue weighted by molar-refractivity contribution is 6.74. The molecule has 3 aliphatic carbocycles. The normalized spacial score (nSPS) is 34.9. The quantitative estimate of drug-likeness (QED) is 0.113. The molecule has 0 amide bonds. The number of aliphatic hydroxyl groups is 1. The van der Waals surface area contributed by atoms with Gasteiger partial charge < -0.3 is 32.9 Å². The van der Waals surface area contributed by atoms with Crippen LogP contribution in [0, 0.1) is 16.7 Å². The number of methoxy groups -OCH3 is 1. The molecule has 2 bridgehead atoms. The third-order valence-corrected chi connectivity index (χ3v) is 24.1. The van der Waals surface area contributed by atoms with E-state index in [1.165, 1.54) is 14.0 Å². The van der Waals surface area contributed by atoms with E-state index >= 15 is 4.79 Å². The highest BCUT2D eigenvalue weighted by Gasteiger charge is 2.78. The Bertz CT molecular complexity index is 1570. The monoisotopic (exact) mass is 786 g/mol. The molecule has 1 N–H and O–H groups in total. The van der Waals surface area contributed by atoms with E-state index in [1.807, 2.05) is 33.8 Å². The molecule has 1 aromatic rings. The van der Waals surface area contributed by atoms with Gasteiger partial charge in [0.05, 0.1) is 35.7 Å². The van der Waals surface area contributed by atoms with Crippen LogP contribution in [0.3, 0.4) is 0 Å². The maximum Gasteiger partial charge on any atom is 0.338 e. The van der Waals surface area contributed by atoms with Gasteiger partial charge in [0.15, 0.2) is 28.0 Å². The number of fused-ring (bicyclic) bond motifs is 5. The van der Waals surface area contributed by atoms with Gasteiger partial charge in [0.1, 0.15) is 23.9 Å². The van der Waals surface area contributed by atoms with Crippen LogP contribution in [0.2, 0.25) is 36.3 Å². The molecule has 0 unspecified atom stereocenters. The van der Waals surface area contributed by atoms with Crippen molar-refractivity contribution in [1.82, 2.24) is 0 Å². The fourth-order valence-electron chi connectivity index (χ4n) is 10.7. The third-order valence-electron chi connectivity index (χ3n) is 14.8. The summed E-state index contributed by atoms with van der Waals surface area (Å²) in [5, 5.41) is 13.9. The van der Waals surface area contributed by atoms with Gasteiger partial charge in [-0.25, -0.2) is 4.79 Å². The lowest BCUT2D eigenvalue weighted by Crippen LogP contribution is -2.82. The number of carbonyl (C=O) groups excluding carboxylic acids is 3. The Morgan fingerprint density at radius 2 is 1.46 bits per heavy atom. The summed E-state index contributed by atoms with van der Waals surface area (Å²) in [5.41, 5.74) is -4.08. The van der Waals surface area contributed by atoms with E-state index in [0.29, 0.717) is 17.6 Å². The van der Waals surface area contributed by atoms with Gasteiger partial charge in [0.2, 0.25) is 0 Å². The Morgan fingerprint density at radius 3 is 1.94 bits per heavy atom. The largest absolute Gasteiger partial charge is 0.455 e. The van der Waals surface area contributed by atoms with E-state index in [2.05, 4.69) is 41.5 Å². The molecule has 54 heavy (non-hydrogen) atoms. The highest BCUT2D eigenvalue weighted by atomic mass is 28.4. The van der Waals surface area contributed by atoms with Crippen molar-refractivity contribution >= 4 is 34.4 Å². The zero-order chi connectivity index (χ0) is 40.1. The number of hydrogen-bond donors (Lipinski definition) is 1. The Labute approximate surface area is 325 Å². The number of rotatable bonds is 14. The first-order valence-electron chi connectivity index (χ1n) is 20.3. The first kappa shape index (κ1) is 42.9. The van der Waals surface area contributed by atoms with Crippen molar-refractivity contribution in [2.24, 2.45) is 16.7 Å². The van der Waals surface area contributed by atoms with Crippen LogP contribution < -0.4 is 0 Å². The van der Waals surface area contributed by atoms with E-state index in [9.17, 15) is 14.7 Å². The van der Waals surface area contributed by atoms with Crippen molar-refractivity contribution in [3.63, 3.8) is 0 Å². The Balaban J connectivity index is 1.88. The summed E-state index contributed by atoms with van der Waals surface area (Å²) in [4.78, 5) is 43.6. The fraction of sp³-hybridized carbons (Fsp3) is 0.738. The van der Waals surface area contributed by atoms with Gasteiger partial charge in [-0.05, 0) is 73.4 Å². The lowest BCUT2D eigenvalue weighted by Gasteiger charge is -2.68. The molecule has 302 valence electrons. The predicted molar refractivity (Wildman–Crippen MR) is 212 cm³/mol. The van der Waals surface area contributed by atoms with Crippen molar-refractivity contribution in [2.75, 3.05) is 13.7 Å². The molecular weight excluding hydrogens is 721 g/mol. The second-order valence-corrected chi connectivity index (χ2v) is 26.5. The van der Waals surface area contributed by atoms with Crippen molar-refractivity contribution in [1.29, 1.82) is 0 Å². The third kappa shape index (κ3) is 6.53. The number of Topliss-reactive ketones (excluding diaryl/α,β-unsaturated/α-hetero) is 1. The number of benzene rings is 1. The Hall–Kier alpha value is -2.20.